The second kappa shape index (κ2) is 4.30. The van der Waals surface area contributed by atoms with Crippen LogP contribution in [0.1, 0.15) is 24.8 Å². The molecule has 2 aliphatic carbocycles. The number of halogens is 2. The second-order valence-corrected chi connectivity index (χ2v) is 6.07. The van der Waals surface area contributed by atoms with Gasteiger partial charge in [-0.25, -0.2) is 8.78 Å². The van der Waals surface area contributed by atoms with Crippen LogP contribution in [0.25, 0.3) is 0 Å². The Morgan fingerprint density at radius 1 is 1.22 bits per heavy atom. The average molecular weight is 251 g/mol. The summed E-state index contributed by atoms with van der Waals surface area (Å²) in [6, 6.07) is 4.16. The third-order valence-electron chi connectivity index (χ3n) is 4.62. The molecule has 1 aromatic rings. The Labute approximate surface area is 107 Å². The van der Waals surface area contributed by atoms with Gasteiger partial charge >= 0.3 is 0 Å². The highest BCUT2D eigenvalue weighted by molar-refractivity contribution is 5.23. The molecule has 0 amide bonds. The van der Waals surface area contributed by atoms with Crippen molar-refractivity contribution >= 4 is 0 Å². The molecule has 3 rings (SSSR count). The molecule has 0 aromatic heterocycles. The second-order valence-electron chi connectivity index (χ2n) is 6.07. The fraction of sp³-hybridized carbons (Fsp3) is 0.600. The molecule has 0 aliphatic heterocycles. The van der Waals surface area contributed by atoms with Gasteiger partial charge < -0.3 is 5.32 Å². The van der Waals surface area contributed by atoms with E-state index < -0.39 is 11.6 Å². The predicted octanol–water partition coefficient (Wildman–Crippen LogP) is 3.14. The van der Waals surface area contributed by atoms with E-state index in [0.29, 0.717) is 6.42 Å². The maximum absolute atomic E-state index is 13.8. The molecule has 1 N–H and O–H groups in total. The van der Waals surface area contributed by atoms with Gasteiger partial charge in [0.2, 0.25) is 0 Å². The van der Waals surface area contributed by atoms with Crippen LogP contribution < -0.4 is 5.32 Å². The third-order valence-corrected chi connectivity index (χ3v) is 4.62. The van der Waals surface area contributed by atoms with Gasteiger partial charge in [0.05, 0.1) is 0 Å². The largest absolute Gasteiger partial charge is 0.319 e. The van der Waals surface area contributed by atoms with E-state index in [-0.39, 0.29) is 11.0 Å². The zero-order chi connectivity index (χ0) is 12.8. The molecule has 2 fully saturated rings. The van der Waals surface area contributed by atoms with E-state index in [2.05, 4.69) is 5.32 Å². The summed E-state index contributed by atoms with van der Waals surface area (Å²) >= 11 is 0. The first-order valence-corrected chi connectivity index (χ1v) is 6.71. The molecule has 0 bridgehead atoms. The van der Waals surface area contributed by atoms with Gasteiger partial charge in [0.25, 0.3) is 0 Å². The first kappa shape index (κ1) is 12.1. The SMILES string of the molecule is CNCC1(Cc2c(F)cccc2F)CC2CC2C1. The molecule has 2 aliphatic rings. The highest BCUT2D eigenvalue weighted by Crippen LogP contribution is 2.60. The van der Waals surface area contributed by atoms with Gasteiger partial charge in [0.1, 0.15) is 11.6 Å². The van der Waals surface area contributed by atoms with Crippen molar-refractivity contribution in [1.29, 1.82) is 0 Å². The van der Waals surface area contributed by atoms with Crippen molar-refractivity contribution in [3.63, 3.8) is 0 Å². The average Bonchev–Trinajstić information content (AvgIpc) is 2.93. The standard InChI is InChI=1S/C15H19F2N/c1-18-9-15(6-10-5-11(10)7-15)8-12-13(16)3-2-4-14(12)17/h2-4,10-11,18H,5-9H2,1H3. The van der Waals surface area contributed by atoms with Crippen molar-refractivity contribution < 1.29 is 8.78 Å². The van der Waals surface area contributed by atoms with Gasteiger partial charge in [0, 0.05) is 12.1 Å². The number of rotatable bonds is 4. The molecule has 2 atom stereocenters. The number of hydrogen-bond donors (Lipinski definition) is 1. The fourth-order valence-corrected chi connectivity index (χ4v) is 3.81. The zero-order valence-electron chi connectivity index (χ0n) is 10.7. The normalized spacial score (nSPS) is 33.5. The topological polar surface area (TPSA) is 12.0 Å². The lowest BCUT2D eigenvalue weighted by Gasteiger charge is -2.31. The predicted molar refractivity (Wildman–Crippen MR) is 67.3 cm³/mol. The summed E-state index contributed by atoms with van der Waals surface area (Å²) in [6.45, 7) is 0.855. The van der Waals surface area contributed by atoms with Crippen molar-refractivity contribution in [2.75, 3.05) is 13.6 Å². The molecule has 1 aromatic carbocycles. The monoisotopic (exact) mass is 251 g/mol. The molecule has 3 heteroatoms. The quantitative estimate of drug-likeness (QED) is 0.867. The van der Waals surface area contributed by atoms with Crippen LogP contribution in [0.2, 0.25) is 0 Å². The minimum Gasteiger partial charge on any atom is -0.319 e. The summed E-state index contributed by atoms with van der Waals surface area (Å²) in [5.41, 5.74) is 0.333. The van der Waals surface area contributed by atoms with Gasteiger partial charge in [-0.3, -0.25) is 0 Å². The summed E-state index contributed by atoms with van der Waals surface area (Å²) in [5, 5.41) is 3.21. The molecule has 0 saturated heterocycles. The Bertz CT molecular complexity index is 428. The molecule has 1 nitrogen and oxygen atoms in total. The van der Waals surface area contributed by atoms with Crippen molar-refractivity contribution in [1.82, 2.24) is 5.32 Å². The summed E-state index contributed by atoms with van der Waals surface area (Å²) in [6.07, 6.45) is 4.09. The van der Waals surface area contributed by atoms with Crippen LogP contribution in [0.15, 0.2) is 18.2 Å². The van der Waals surface area contributed by atoms with Gasteiger partial charge in [-0.05, 0) is 62.1 Å². The van der Waals surface area contributed by atoms with Crippen LogP contribution in [0.4, 0.5) is 8.78 Å². The lowest BCUT2D eigenvalue weighted by atomic mass is 9.77. The number of hydrogen-bond acceptors (Lipinski definition) is 1. The summed E-state index contributed by atoms with van der Waals surface area (Å²) in [7, 11) is 1.92. The first-order chi connectivity index (χ1) is 8.63. The Morgan fingerprint density at radius 2 is 1.83 bits per heavy atom. The highest BCUT2D eigenvalue weighted by Gasteiger charge is 2.53. The minimum atomic E-state index is -0.397. The van der Waals surface area contributed by atoms with Gasteiger partial charge in [-0.2, -0.15) is 0 Å². The van der Waals surface area contributed by atoms with Crippen molar-refractivity contribution in [2.45, 2.75) is 25.7 Å². The van der Waals surface area contributed by atoms with E-state index >= 15 is 0 Å². The fourth-order valence-electron chi connectivity index (χ4n) is 3.81. The van der Waals surface area contributed by atoms with Crippen LogP contribution in [-0.4, -0.2) is 13.6 Å². The zero-order valence-corrected chi connectivity index (χ0v) is 10.7. The Balaban J connectivity index is 1.84. The molecule has 0 spiro atoms. The van der Waals surface area contributed by atoms with E-state index in [0.717, 1.165) is 31.2 Å². The lowest BCUT2D eigenvalue weighted by Crippen LogP contribution is -2.34. The maximum atomic E-state index is 13.8. The molecular weight excluding hydrogens is 232 g/mol. The van der Waals surface area contributed by atoms with E-state index in [1.807, 2.05) is 7.05 Å². The maximum Gasteiger partial charge on any atom is 0.129 e. The Morgan fingerprint density at radius 3 is 2.39 bits per heavy atom. The molecule has 0 radical (unpaired) electrons. The van der Waals surface area contributed by atoms with Crippen LogP contribution in [0, 0.1) is 28.9 Å². The molecular formula is C15H19F2N. The number of benzene rings is 1. The Hall–Kier alpha value is -0.960. The van der Waals surface area contributed by atoms with Crippen LogP contribution in [-0.2, 0) is 6.42 Å². The molecule has 98 valence electrons. The van der Waals surface area contributed by atoms with Crippen molar-refractivity contribution in [3.05, 3.63) is 35.4 Å². The third kappa shape index (κ3) is 2.05. The minimum absolute atomic E-state index is 0.0609. The van der Waals surface area contributed by atoms with Crippen molar-refractivity contribution in [2.24, 2.45) is 17.3 Å². The smallest absolute Gasteiger partial charge is 0.129 e. The van der Waals surface area contributed by atoms with E-state index in [4.69, 9.17) is 0 Å². The van der Waals surface area contributed by atoms with E-state index in [1.165, 1.54) is 24.6 Å². The highest BCUT2D eigenvalue weighted by atomic mass is 19.1. The summed E-state index contributed by atoms with van der Waals surface area (Å²) in [5.74, 6) is 0.832. The lowest BCUT2D eigenvalue weighted by molar-refractivity contribution is 0.249. The molecule has 2 unspecified atom stereocenters. The summed E-state index contributed by atoms with van der Waals surface area (Å²) in [4.78, 5) is 0. The summed E-state index contributed by atoms with van der Waals surface area (Å²) < 4.78 is 27.5. The van der Waals surface area contributed by atoms with Gasteiger partial charge in [-0.1, -0.05) is 6.07 Å². The van der Waals surface area contributed by atoms with Gasteiger partial charge in [-0.15, -0.1) is 0 Å². The van der Waals surface area contributed by atoms with Crippen LogP contribution in [0.3, 0.4) is 0 Å². The molecule has 2 saturated carbocycles. The first-order valence-electron chi connectivity index (χ1n) is 6.71. The van der Waals surface area contributed by atoms with Crippen molar-refractivity contribution in [3.8, 4) is 0 Å². The van der Waals surface area contributed by atoms with Gasteiger partial charge in [0.15, 0.2) is 0 Å². The molecule has 18 heavy (non-hydrogen) atoms. The Kier molecular flexibility index (Phi) is 2.89. The van der Waals surface area contributed by atoms with E-state index in [9.17, 15) is 8.78 Å². The van der Waals surface area contributed by atoms with Crippen LogP contribution in [0.5, 0.6) is 0 Å². The molecule has 0 heterocycles. The van der Waals surface area contributed by atoms with E-state index in [1.54, 1.807) is 0 Å². The number of fused-ring (bicyclic) bond motifs is 1. The van der Waals surface area contributed by atoms with Crippen LogP contribution >= 0.6 is 0 Å². The number of nitrogens with one attached hydrogen (secondary N) is 1.